The third-order valence-corrected chi connectivity index (χ3v) is 2.99. The van der Waals surface area contributed by atoms with Gasteiger partial charge in [0.15, 0.2) is 0 Å². The summed E-state index contributed by atoms with van der Waals surface area (Å²) in [6, 6.07) is 12.7. The number of nitrogens with zero attached hydrogens (tertiary/aromatic N) is 1. The normalized spacial score (nSPS) is 10.7. The van der Waals surface area contributed by atoms with Crippen molar-refractivity contribution < 1.29 is 4.79 Å². The number of anilines is 1. The van der Waals surface area contributed by atoms with Crippen molar-refractivity contribution in [3.05, 3.63) is 48.0 Å². The summed E-state index contributed by atoms with van der Waals surface area (Å²) in [6.07, 6.45) is 0. The topological polar surface area (TPSA) is 97.8 Å². The number of amides is 1. The summed E-state index contributed by atoms with van der Waals surface area (Å²) >= 11 is 0. The van der Waals surface area contributed by atoms with E-state index in [1.807, 2.05) is 24.3 Å². The molecule has 0 spiro atoms. The first-order valence-corrected chi connectivity index (χ1v) is 5.80. The van der Waals surface area contributed by atoms with E-state index in [2.05, 4.69) is 9.97 Å². The number of rotatable bonds is 2. The summed E-state index contributed by atoms with van der Waals surface area (Å²) < 4.78 is 0. The van der Waals surface area contributed by atoms with E-state index in [4.69, 9.17) is 11.5 Å². The molecule has 0 aliphatic rings. The van der Waals surface area contributed by atoms with Gasteiger partial charge in [-0.15, -0.1) is 0 Å². The maximum Gasteiger partial charge on any atom is 0.250 e. The van der Waals surface area contributed by atoms with Crippen LogP contribution in [0.1, 0.15) is 10.4 Å². The van der Waals surface area contributed by atoms with Gasteiger partial charge in [-0.05, 0) is 24.3 Å². The third-order valence-electron chi connectivity index (χ3n) is 2.99. The summed E-state index contributed by atoms with van der Waals surface area (Å²) in [5, 5.41) is 0. The van der Waals surface area contributed by atoms with Crippen molar-refractivity contribution in [2.45, 2.75) is 0 Å². The van der Waals surface area contributed by atoms with Gasteiger partial charge in [-0.2, -0.15) is 0 Å². The van der Waals surface area contributed by atoms with Crippen LogP contribution in [0.4, 0.5) is 5.69 Å². The Morgan fingerprint density at radius 2 is 1.89 bits per heavy atom. The van der Waals surface area contributed by atoms with Gasteiger partial charge in [-0.25, -0.2) is 4.98 Å². The highest BCUT2D eigenvalue weighted by Gasteiger charge is 2.12. The Morgan fingerprint density at radius 3 is 2.63 bits per heavy atom. The second-order valence-corrected chi connectivity index (χ2v) is 4.24. The number of H-pyrrole nitrogens is 1. The molecule has 0 unspecified atom stereocenters. The molecule has 1 aromatic heterocycles. The maximum atomic E-state index is 11.4. The van der Waals surface area contributed by atoms with Crippen molar-refractivity contribution in [2.24, 2.45) is 5.73 Å². The summed E-state index contributed by atoms with van der Waals surface area (Å²) in [7, 11) is 0. The lowest BCUT2D eigenvalue weighted by Crippen LogP contribution is -2.11. The molecule has 1 amide bonds. The fourth-order valence-corrected chi connectivity index (χ4v) is 2.07. The monoisotopic (exact) mass is 252 g/mol. The quantitative estimate of drug-likeness (QED) is 0.607. The van der Waals surface area contributed by atoms with Crippen molar-refractivity contribution in [1.29, 1.82) is 0 Å². The number of para-hydroxylation sites is 2. The minimum Gasteiger partial charge on any atom is -0.398 e. The lowest BCUT2D eigenvalue weighted by atomic mass is 10.2. The first-order chi connectivity index (χ1) is 9.16. The minimum absolute atomic E-state index is 0.398. The number of carbonyl (C=O) groups excluding carboxylic acids is 1. The number of carbonyl (C=O) groups is 1. The molecule has 94 valence electrons. The van der Waals surface area contributed by atoms with E-state index in [9.17, 15) is 4.79 Å². The molecule has 19 heavy (non-hydrogen) atoms. The van der Waals surface area contributed by atoms with Crippen molar-refractivity contribution in [3.8, 4) is 11.4 Å². The van der Waals surface area contributed by atoms with Crippen LogP contribution >= 0.6 is 0 Å². The molecule has 0 fully saturated rings. The maximum absolute atomic E-state index is 11.4. The van der Waals surface area contributed by atoms with E-state index in [1.54, 1.807) is 18.2 Å². The highest BCUT2D eigenvalue weighted by molar-refractivity contribution is 6.04. The molecule has 3 rings (SSSR count). The van der Waals surface area contributed by atoms with Gasteiger partial charge >= 0.3 is 0 Å². The van der Waals surface area contributed by atoms with Crippen LogP contribution in [0.5, 0.6) is 0 Å². The molecule has 0 atom stereocenters. The van der Waals surface area contributed by atoms with E-state index in [-0.39, 0.29) is 0 Å². The Kier molecular flexibility index (Phi) is 2.45. The van der Waals surface area contributed by atoms with Crippen molar-refractivity contribution in [3.63, 3.8) is 0 Å². The molecule has 3 aromatic rings. The summed E-state index contributed by atoms with van der Waals surface area (Å²) in [6.45, 7) is 0. The average Bonchev–Trinajstić information content (AvgIpc) is 2.82. The fourth-order valence-electron chi connectivity index (χ4n) is 2.07. The first kappa shape index (κ1) is 11.3. The number of nitrogens with one attached hydrogen (secondary N) is 1. The van der Waals surface area contributed by atoms with Gasteiger partial charge in [0, 0.05) is 11.3 Å². The minimum atomic E-state index is -0.496. The van der Waals surface area contributed by atoms with Gasteiger partial charge in [0.05, 0.1) is 11.1 Å². The van der Waals surface area contributed by atoms with E-state index < -0.39 is 5.91 Å². The number of nitrogen functional groups attached to an aromatic ring is 1. The number of hydrogen-bond acceptors (Lipinski definition) is 3. The molecular weight excluding hydrogens is 240 g/mol. The van der Waals surface area contributed by atoms with Crippen molar-refractivity contribution in [2.75, 3.05) is 5.73 Å². The van der Waals surface area contributed by atoms with E-state index in [0.717, 1.165) is 11.1 Å². The molecule has 0 saturated carbocycles. The smallest absolute Gasteiger partial charge is 0.250 e. The van der Waals surface area contributed by atoms with E-state index in [0.29, 0.717) is 22.6 Å². The first-order valence-electron chi connectivity index (χ1n) is 5.80. The van der Waals surface area contributed by atoms with Gasteiger partial charge in [0.2, 0.25) is 0 Å². The van der Waals surface area contributed by atoms with E-state index in [1.165, 1.54) is 0 Å². The number of nitrogens with two attached hydrogens (primary N) is 2. The Hall–Kier alpha value is -2.82. The number of primary amides is 1. The number of aromatic amines is 1. The van der Waals surface area contributed by atoms with Crippen molar-refractivity contribution in [1.82, 2.24) is 9.97 Å². The summed E-state index contributed by atoms with van der Waals surface area (Å²) in [5.41, 5.74) is 14.4. The molecule has 0 saturated heterocycles. The molecule has 5 heteroatoms. The largest absolute Gasteiger partial charge is 0.398 e. The fraction of sp³-hybridized carbons (Fsp3) is 0. The Morgan fingerprint density at radius 1 is 1.11 bits per heavy atom. The van der Waals surface area contributed by atoms with Gasteiger partial charge in [0.25, 0.3) is 5.91 Å². The molecular formula is C14H12N4O. The Labute approximate surface area is 109 Å². The molecule has 0 aliphatic carbocycles. The second-order valence-electron chi connectivity index (χ2n) is 4.24. The molecule has 2 aromatic carbocycles. The highest BCUT2D eigenvalue weighted by atomic mass is 16.1. The van der Waals surface area contributed by atoms with Crippen LogP contribution < -0.4 is 11.5 Å². The van der Waals surface area contributed by atoms with Gasteiger partial charge in [-0.1, -0.05) is 18.2 Å². The Bertz CT molecular complexity index is 776. The van der Waals surface area contributed by atoms with Gasteiger partial charge < -0.3 is 16.5 Å². The highest BCUT2D eigenvalue weighted by Crippen LogP contribution is 2.26. The number of aromatic nitrogens is 2. The number of benzene rings is 2. The van der Waals surface area contributed by atoms with E-state index >= 15 is 0 Å². The van der Waals surface area contributed by atoms with Gasteiger partial charge in [-0.3, -0.25) is 4.79 Å². The zero-order valence-electron chi connectivity index (χ0n) is 10.1. The molecule has 1 heterocycles. The van der Waals surface area contributed by atoms with Gasteiger partial charge in [0.1, 0.15) is 11.3 Å². The van der Waals surface area contributed by atoms with Crippen LogP contribution in [0.15, 0.2) is 42.5 Å². The number of hydrogen-bond donors (Lipinski definition) is 3. The number of imidazole rings is 1. The van der Waals surface area contributed by atoms with Crippen LogP contribution in [0, 0.1) is 0 Å². The molecule has 0 radical (unpaired) electrons. The average molecular weight is 252 g/mol. The molecule has 0 bridgehead atoms. The van der Waals surface area contributed by atoms with Crippen molar-refractivity contribution >= 4 is 22.6 Å². The van der Waals surface area contributed by atoms with Crippen LogP contribution in [0.2, 0.25) is 0 Å². The predicted molar refractivity (Wildman–Crippen MR) is 74.5 cm³/mol. The predicted octanol–water partition coefficient (Wildman–Crippen LogP) is 1.91. The van der Waals surface area contributed by atoms with Crippen LogP contribution in [0.3, 0.4) is 0 Å². The molecule has 5 N–H and O–H groups in total. The van der Waals surface area contributed by atoms with Crippen LogP contribution in [-0.2, 0) is 0 Å². The standard InChI is InChI=1S/C14H12N4O/c15-10-6-2-1-4-8(10)14-17-11-7-3-5-9(13(16)19)12(11)18-14/h1-7H,15H2,(H2,16,19)(H,17,18). The lowest BCUT2D eigenvalue weighted by Gasteiger charge is -2.00. The second kappa shape index (κ2) is 4.13. The zero-order chi connectivity index (χ0) is 13.4. The Balaban J connectivity index is 2.26. The summed E-state index contributed by atoms with van der Waals surface area (Å²) in [4.78, 5) is 18.9. The SMILES string of the molecule is NC(=O)c1cccc2[nH]c(-c3ccccc3N)nc12. The zero-order valence-corrected chi connectivity index (χ0v) is 10.1. The molecule has 0 aliphatic heterocycles. The number of fused-ring (bicyclic) bond motifs is 1. The lowest BCUT2D eigenvalue weighted by molar-refractivity contribution is 0.100. The van der Waals surface area contributed by atoms with Crippen LogP contribution in [0.25, 0.3) is 22.4 Å². The third kappa shape index (κ3) is 1.81. The van der Waals surface area contributed by atoms with Crippen LogP contribution in [-0.4, -0.2) is 15.9 Å². The summed E-state index contributed by atoms with van der Waals surface area (Å²) in [5.74, 6) is 0.131. The molecule has 5 nitrogen and oxygen atoms in total.